The van der Waals surface area contributed by atoms with E-state index in [4.69, 9.17) is 4.42 Å². The zero-order valence-electron chi connectivity index (χ0n) is 14.6. The van der Waals surface area contributed by atoms with Crippen LogP contribution < -0.4 is 5.56 Å². The summed E-state index contributed by atoms with van der Waals surface area (Å²) in [6.07, 6.45) is 0.454. The highest BCUT2D eigenvalue weighted by molar-refractivity contribution is 5.89. The van der Waals surface area contributed by atoms with Crippen LogP contribution in [0.5, 0.6) is 0 Å². The minimum atomic E-state index is -0.953. The maximum Gasteiger partial charge on any atom is 0.335 e. The van der Waals surface area contributed by atoms with Crippen LogP contribution in [-0.4, -0.2) is 20.5 Å². The van der Waals surface area contributed by atoms with Gasteiger partial charge < -0.3 is 9.52 Å². The Bertz CT molecular complexity index is 1450. The number of hydrogen-bond acceptors (Lipinski definition) is 4. The highest BCUT2D eigenvalue weighted by Gasteiger charge is 2.14. The maximum atomic E-state index is 12.9. The van der Waals surface area contributed by atoms with Gasteiger partial charge >= 0.3 is 11.8 Å². The first-order valence-corrected chi connectivity index (χ1v) is 8.76. The van der Waals surface area contributed by atoms with Crippen LogP contribution in [0.2, 0.25) is 0 Å². The molecule has 0 fully saturated rings. The van der Waals surface area contributed by atoms with Gasteiger partial charge in [0.25, 0.3) is 5.56 Å². The number of aromatic nitrogens is 2. The number of benzene rings is 3. The molecule has 2 heterocycles. The van der Waals surface area contributed by atoms with Crippen molar-refractivity contribution in [3.8, 4) is 0 Å². The molecule has 0 aliphatic heterocycles. The summed E-state index contributed by atoms with van der Waals surface area (Å²) in [5, 5.41) is 9.87. The molecule has 0 amide bonds. The van der Waals surface area contributed by atoms with Gasteiger partial charge in [-0.3, -0.25) is 4.79 Å². The molecule has 0 saturated carbocycles. The van der Waals surface area contributed by atoms with Crippen LogP contribution in [0.1, 0.15) is 21.5 Å². The second-order valence-electron chi connectivity index (χ2n) is 6.60. The van der Waals surface area contributed by atoms with E-state index in [2.05, 4.69) is 4.98 Å². The Kier molecular flexibility index (Phi) is 3.52. The van der Waals surface area contributed by atoms with Crippen molar-refractivity contribution in [2.75, 3.05) is 0 Å². The molecule has 5 rings (SSSR count). The summed E-state index contributed by atoms with van der Waals surface area (Å²) < 4.78 is 7.26. The van der Waals surface area contributed by atoms with Gasteiger partial charge in [-0.15, -0.1) is 0 Å². The van der Waals surface area contributed by atoms with Crippen molar-refractivity contribution in [3.63, 3.8) is 0 Å². The number of hydrogen-bond donors (Lipinski definition) is 1. The van der Waals surface area contributed by atoms with Crippen molar-refractivity contribution < 1.29 is 14.3 Å². The number of imidazole rings is 1. The van der Waals surface area contributed by atoms with Crippen molar-refractivity contribution in [2.24, 2.45) is 0 Å². The summed E-state index contributed by atoms with van der Waals surface area (Å²) in [7, 11) is 0. The first-order valence-electron chi connectivity index (χ1n) is 8.76. The van der Waals surface area contributed by atoms with Crippen molar-refractivity contribution in [2.45, 2.75) is 6.42 Å². The Morgan fingerprint density at radius 2 is 1.82 bits per heavy atom. The lowest BCUT2D eigenvalue weighted by Gasteiger charge is -2.06. The van der Waals surface area contributed by atoms with Gasteiger partial charge in [-0.25, -0.2) is 9.20 Å². The standard InChI is InChI=1S/C22H14N2O4/c25-20-16-7-3-4-8-19(16)28-22-23-17-12-13(9-10-18(17)24(20)22)11-14-5-1-2-6-15(14)21(26)27/h1-10,12H,11H2,(H,26,27). The predicted octanol–water partition coefficient (Wildman–Crippen LogP) is 3.88. The fourth-order valence-corrected chi connectivity index (χ4v) is 3.53. The molecule has 0 radical (unpaired) electrons. The lowest BCUT2D eigenvalue weighted by Crippen LogP contribution is -2.12. The minimum absolute atomic E-state index is 0.177. The zero-order valence-corrected chi connectivity index (χ0v) is 14.6. The molecule has 0 spiro atoms. The molecule has 1 N–H and O–H groups in total. The molecule has 6 heteroatoms. The van der Waals surface area contributed by atoms with Gasteiger partial charge in [0.05, 0.1) is 22.0 Å². The lowest BCUT2D eigenvalue weighted by molar-refractivity contribution is 0.0696. The molecule has 0 atom stereocenters. The van der Waals surface area contributed by atoms with E-state index in [1.807, 2.05) is 30.3 Å². The Hall–Kier alpha value is -3.93. The molecule has 0 bridgehead atoms. The monoisotopic (exact) mass is 370 g/mol. The summed E-state index contributed by atoms with van der Waals surface area (Å²) >= 11 is 0. The quantitative estimate of drug-likeness (QED) is 0.521. The van der Waals surface area contributed by atoms with Gasteiger partial charge in [0.1, 0.15) is 5.58 Å². The minimum Gasteiger partial charge on any atom is -0.478 e. The third kappa shape index (κ3) is 2.46. The number of nitrogens with zero attached hydrogens (tertiary/aromatic N) is 2. The molecule has 6 nitrogen and oxygen atoms in total. The topological polar surface area (TPSA) is 84.8 Å². The molecule has 28 heavy (non-hydrogen) atoms. The zero-order chi connectivity index (χ0) is 19.3. The summed E-state index contributed by atoms with van der Waals surface area (Å²) in [5.74, 6) is -0.715. The van der Waals surface area contributed by atoms with Gasteiger partial charge in [-0.05, 0) is 47.9 Å². The highest BCUT2D eigenvalue weighted by Crippen LogP contribution is 2.22. The second kappa shape index (κ2) is 6.06. The third-order valence-electron chi connectivity index (χ3n) is 4.85. The number of fused-ring (bicyclic) bond motifs is 4. The number of carbonyl (C=O) groups is 1. The van der Waals surface area contributed by atoms with Crippen LogP contribution in [0.15, 0.2) is 75.9 Å². The molecule has 0 aliphatic rings. The number of carboxylic acid groups (broad SMARTS) is 1. The van der Waals surface area contributed by atoms with Crippen LogP contribution in [0, 0.1) is 0 Å². The van der Waals surface area contributed by atoms with Crippen LogP contribution in [0.3, 0.4) is 0 Å². The average Bonchev–Trinajstić information content (AvgIpc) is 3.06. The van der Waals surface area contributed by atoms with Crippen molar-refractivity contribution >= 4 is 33.8 Å². The molecule has 0 saturated heterocycles. The normalized spacial score (nSPS) is 11.4. The number of rotatable bonds is 3. The summed E-state index contributed by atoms with van der Waals surface area (Å²) in [4.78, 5) is 28.8. The fourth-order valence-electron chi connectivity index (χ4n) is 3.53. The van der Waals surface area contributed by atoms with Gasteiger partial charge in [0.2, 0.25) is 0 Å². The molecule has 3 aromatic carbocycles. The molecular weight excluding hydrogens is 356 g/mol. The van der Waals surface area contributed by atoms with E-state index in [1.54, 1.807) is 36.4 Å². The Labute approximate surface area is 158 Å². The molecule has 5 aromatic rings. The summed E-state index contributed by atoms with van der Waals surface area (Å²) in [6.45, 7) is 0. The summed E-state index contributed by atoms with van der Waals surface area (Å²) in [5.41, 5.74) is 3.50. The van der Waals surface area contributed by atoms with E-state index in [1.165, 1.54) is 4.40 Å². The summed E-state index contributed by atoms with van der Waals surface area (Å²) in [6, 6.07) is 19.5. The Balaban J connectivity index is 1.67. The Morgan fingerprint density at radius 3 is 2.68 bits per heavy atom. The average molecular weight is 370 g/mol. The number of aromatic carboxylic acids is 1. The number of para-hydroxylation sites is 1. The molecule has 0 aliphatic carbocycles. The first-order chi connectivity index (χ1) is 13.6. The molecule has 0 unspecified atom stereocenters. The van der Waals surface area contributed by atoms with Crippen LogP contribution >= 0.6 is 0 Å². The smallest absolute Gasteiger partial charge is 0.335 e. The largest absolute Gasteiger partial charge is 0.478 e. The first kappa shape index (κ1) is 16.3. The maximum absolute atomic E-state index is 12.9. The van der Waals surface area contributed by atoms with E-state index < -0.39 is 5.97 Å². The van der Waals surface area contributed by atoms with Gasteiger partial charge in [-0.2, -0.15) is 4.98 Å². The van der Waals surface area contributed by atoms with Crippen molar-refractivity contribution in [1.82, 2.24) is 9.38 Å². The molecule has 136 valence electrons. The van der Waals surface area contributed by atoms with Crippen molar-refractivity contribution in [1.29, 1.82) is 0 Å². The van der Waals surface area contributed by atoms with Crippen molar-refractivity contribution in [3.05, 3.63) is 93.8 Å². The Morgan fingerprint density at radius 1 is 1.04 bits per heavy atom. The van der Waals surface area contributed by atoms with E-state index in [0.29, 0.717) is 28.4 Å². The lowest BCUT2D eigenvalue weighted by atomic mass is 9.99. The molecule has 2 aromatic heterocycles. The fraction of sp³-hybridized carbons (Fsp3) is 0.0455. The SMILES string of the molecule is O=C(O)c1ccccc1Cc1ccc2c(c1)nc1oc3ccccc3c(=O)n12. The van der Waals surface area contributed by atoms with Gasteiger partial charge in [-0.1, -0.05) is 36.4 Å². The van der Waals surface area contributed by atoms with E-state index in [0.717, 1.165) is 11.1 Å². The van der Waals surface area contributed by atoms with E-state index in [-0.39, 0.29) is 17.0 Å². The predicted molar refractivity (Wildman–Crippen MR) is 105 cm³/mol. The van der Waals surface area contributed by atoms with Gasteiger partial charge in [0, 0.05) is 0 Å². The van der Waals surface area contributed by atoms with E-state index in [9.17, 15) is 14.7 Å². The van der Waals surface area contributed by atoms with Crippen LogP contribution in [-0.2, 0) is 6.42 Å². The second-order valence-corrected chi connectivity index (χ2v) is 6.60. The van der Waals surface area contributed by atoms with Gasteiger partial charge in [0.15, 0.2) is 0 Å². The van der Waals surface area contributed by atoms with Crippen LogP contribution in [0.25, 0.3) is 27.8 Å². The third-order valence-corrected chi connectivity index (χ3v) is 4.85. The molecular formula is C22H14N2O4. The number of carboxylic acids is 1. The van der Waals surface area contributed by atoms with E-state index >= 15 is 0 Å². The highest BCUT2D eigenvalue weighted by atomic mass is 16.4. The van der Waals surface area contributed by atoms with Crippen LogP contribution in [0.4, 0.5) is 0 Å².